The van der Waals surface area contributed by atoms with E-state index in [1.54, 1.807) is 0 Å². The zero-order valence-electron chi connectivity index (χ0n) is 28.8. The van der Waals surface area contributed by atoms with Crippen molar-refractivity contribution in [1.29, 1.82) is 0 Å². The summed E-state index contributed by atoms with van der Waals surface area (Å²) in [5, 5.41) is 0. The number of aromatic nitrogens is 1. The number of anilines is 1. The fraction of sp³-hybridized carbons (Fsp3) is 0.676. The molecule has 3 aliphatic rings. The van der Waals surface area contributed by atoms with Crippen LogP contribution in [-0.4, -0.2) is 77.6 Å². The number of nitrogens with zero attached hydrogens (tertiary/aromatic N) is 4. The summed E-state index contributed by atoms with van der Waals surface area (Å²) in [7, 11) is 0. The second-order valence-corrected chi connectivity index (χ2v) is 16.0. The van der Waals surface area contributed by atoms with E-state index in [1.807, 2.05) is 39.5 Å². The second-order valence-electron chi connectivity index (χ2n) is 16.0. The molecule has 1 unspecified atom stereocenters. The Morgan fingerprint density at radius 1 is 0.932 bits per heavy atom. The largest absolute Gasteiger partial charge is 0.444 e. The molecule has 2 aliphatic heterocycles. The van der Waals surface area contributed by atoms with Crippen molar-refractivity contribution in [1.82, 2.24) is 14.8 Å². The molecule has 0 spiro atoms. The van der Waals surface area contributed by atoms with E-state index < -0.39 is 11.3 Å². The Hall–Kier alpha value is -2.64. The Morgan fingerprint density at radius 3 is 2.30 bits per heavy atom. The number of amides is 1. The van der Waals surface area contributed by atoms with E-state index in [-0.39, 0.29) is 23.0 Å². The van der Waals surface area contributed by atoms with Gasteiger partial charge in [-0.2, -0.15) is 0 Å². The summed E-state index contributed by atoms with van der Waals surface area (Å²) >= 11 is 0. The normalized spacial score (nSPS) is 23.0. The fourth-order valence-corrected chi connectivity index (χ4v) is 7.20. The van der Waals surface area contributed by atoms with E-state index in [0.717, 1.165) is 63.5 Å². The van der Waals surface area contributed by atoms with Crippen molar-refractivity contribution in [3.63, 3.8) is 0 Å². The monoisotopic (exact) mass is 604 g/mol. The van der Waals surface area contributed by atoms with Gasteiger partial charge in [-0.15, -0.1) is 0 Å². The van der Waals surface area contributed by atoms with Gasteiger partial charge < -0.3 is 14.4 Å². The maximum atomic E-state index is 12.9. The van der Waals surface area contributed by atoms with Crippen LogP contribution in [0.25, 0.3) is 11.3 Å². The lowest BCUT2D eigenvalue weighted by Gasteiger charge is -2.42. The standard InChI is InChI=1S/C37H56N4O3/c1-34(2,3)44-33(42)41-28(26-43-37(41,8)9)13-10-11-20-39-21-23-40(24-22-39)32-15-12-14-31(38-32)27-16-17-29-30(25-27)36(6,7)19-18-35(29,4)5/h12,14-17,25,28H,10-11,13,18-24,26H2,1-9H3. The average molecular weight is 605 g/mol. The quantitative estimate of drug-likeness (QED) is 0.301. The highest BCUT2D eigenvalue weighted by Crippen LogP contribution is 2.46. The van der Waals surface area contributed by atoms with Gasteiger partial charge >= 0.3 is 6.09 Å². The first-order valence-electron chi connectivity index (χ1n) is 16.8. The van der Waals surface area contributed by atoms with Gasteiger partial charge in [0.25, 0.3) is 0 Å². The molecule has 1 aromatic heterocycles. The van der Waals surface area contributed by atoms with Gasteiger partial charge in [0.1, 0.15) is 17.1 Å². The molecule has 1 amide bonds. The molecule has 1 atom stereocenters. The topological polar surface area (TPSA) is 58.1 Å². The van der Waals surface area contributed by atoms with Gasteiger partial charge in [-0.1, -0.05) is 52.3 Å². The number of ether oxygens (including phenoxy) is 2. The fourth-order valence-electron chi connectivity index (χ4n) is 7.20. The number of piperazine rings is 1. The van der Waals surface area contributed by atoms with Crippen LogP contribution in [0.5, 0.6) is 0 Å². The number of fused-ring (bicyclic) bond motifs is 1. The number of hydrogen-bond acceptors (Lipinski definition) is 6. The van der Waals surface area contributed by atoms with Crippen LogP contribution in [0.3, 0.4) is 0 Å². The lowest BCUT2D eigenvalue weighted by atomic mass is 9.63. The molecule has 1 aromatic carbocycles. The molecular formula is C37H56N4O3. The number of pyridine rings is 1. The van der Waals surface area contributed by atoms with Gasteiger partial charge in [-0.25, -0.2) is 9.78 Å². The minimum absolute atomic E-state index is 0.0581. The Labute approximate surface area is 266 Å². The van der Waals surface area contributed by atoms with Crippen molar-refractivity contribution in [3.05, 3.63) is 47.5 Å². The van der Waals surface area contributed by atoms with E-state index >= 15 is 0 Å². The summed E-state index contributed by atoms with van der Waals surface area (Å²) in [6, 6.07) is 13.6. The van der Waals surface area contributed by atoms with Crippen LogP contribution < -0.4 is 4.90 Å². The predicted molar refractivity (Wildman–Crippen MR) is 179 cm³/mol. The molecule has 0 N–H and O–H groups in total. The maximum absolute atomic E-state index is 12.9. The highest BCUT2D eigenvalue weighted by Gasteiger charge is 2.45. The molecule has 0 bridgehead atoms. The SMILES string of the molecule is CC(C)(C)OC(=O)N1C(CCCCN2CCN(c3cccc(-c4ccc5c(c4)C(C)(C)CCC5(C)C)n3)CC2)COC1(C)C. The first-order valence-corrected chi connectivity index (χ1v) is 16.8. The van der Waals surface area contributed by atoms with Gasteiger partial charge in [0.2, 0.25) is 0 Å². The Bertz CT molecular complexity index is 1320. The lowest BCUT2D eigenvalue weighted by Crippen LogP contribution is -2.49. The zero-order chi connectivity index (χ0) is 31.9. The molecule has 3 heterocycles. The van der Waals surface area contributed by atoms with Gasteiger partial charge in [-0.05, 0) is 107 Å². The summed E-state index contributed by atoms with van der Waals surface area (Å²) in [5.74, 6) is 1.07. The molecule has 2 saturated heterocycles. The number of carbonyl (C=O) groups is 1. The summed E-state index contributed by atoms with van der Waals surface area (Å²) in [5.41, 5.74) is 4.51. The van der Waals surface area contributed by atoms with Crippen molar-refractivity contribution >= 4 is 11.9 Å². The Balaban J connectivity index is 1.13. The molecule has 0 radical (unpaired) electrons. The van der Waals surface area contributed by atoms with Crippen molar-refractivity contribution in [2.75, 3.05) is 44.2 Å². The highest BCUT2D eigenvalue weighted by molar-refractivity contribution is 5.69. The van der Waals surface area contributed by atoms with E-state index in [0.29, 0.717) is 6.61 Å². The van der Waals surface area contributed by atoms with E-state index in [1.165, 1.54) is 29.5 Å². The molecule has 242 valence electrons. The van der Waals surface area contributed by atoms with Crippen LogP contribution in [0.2, 0.25) is 0 Å². The average Bonchev–Trinajstić information content (AvgIpc) is 3.27. The van der Waals surface area contributed by atoms with Crippen molar-refractivity contribution in [2.45, 2.75) is 123 Å². The number of benzene rings is 1. The van der Waals surface area contributed by atoms with Gasteiger partial charge in [-0.3, -0.25) is 9.80 Å². The number of rotatable bonds is 7. The smallest absolute Gasteiger partial charge is 0.412 e. The molecule has 5 rings (SSSR count). The summed E-state index contributed by atoms with van der Waals surface area (Å²) in [6.45, 7) is 24.9. The summed E-state index contributed by atoms with van der Waals surface area (Å²) in [4.78, 5) is 24.9. The molecule has 7 heteroatoms. The Morgan fingerprint density at radius 2 is 1.61 bits per heavy atom. The molecule has 0 saturated carbocycles. The van der Waals surface area contributed by atoms with Crippen molar-refractivity contribution in [3.8, 4) is 11.3 Å². The van der Waals surface area contributed by atoms with E-state index in [4.69, 9.17) is 14.5 Å². The van der Waals surface area contributed by atoms with Gasteiger partial charge in [0.05, 0.1) is 18.3 Å². The van der Waals surface area contributed by atoms with Crippen LogP contribution >= 0.6 is 0 Å². The number of carbonyl (C=O) groups excluding carboxylic acids is 1. The maximum Gasteiger partial charge on any atom is 0.412 e. The van der Waals surface area contributed by atoms with Crippen LogP contribution in [0.15, 0.2) is 36.4 Å². The summed E-state index contributed by atoms with van der Waals surface area (Å²) < 4.78 is 11.7. The number of unbranched alkanes of at least 4 members (excludes halogenated alkanes) is 1. The molecule has 2 aromatic rings. The molecule has 44 heavy (non-hydrogen) atoms. The van der Waals surface area contributed by atoms with Crippen LogP contribution in [-0.2, 0) is 20.3 Å². The van der Waals surface area contributed by atoms with Crippen LogP contribution in [0.1, 0.15) is 106 Å². The molecule has 1 aliphatic carbocycles. The van der Waals surface area contributed by atoms with E-state index in [9.17, 15) is 4.79 Å². The third kappa shape index (κ3) is 7.25. The first-order chi connectivity index (χ1) is 20.6. The first kappa shape index (κ1) is 32.7. The minimum Gasteiger partial charge on any atom is -0.444 e. The molecular weight excluding hydrogens is 548 g/mol. The predicted octanol–water partition coefficient (Wildman–Crippen LogP) is 7.76. The lowest BCUT2D eigenvalue weighted by molar-refractivity contribution is -0.0627. The zero-order valence-corrected chi connectivity index (χ0v) is 28.8. The second kappa shape index (κ2) is 12.3. The third-order valence-corrected chi connectivity index (χ3v) is 10.0. The van der Waals surface area contributed by atoms with Crippen LogP contribution in [0, 0.1) is 0 Å². The number of hydrogen-bond donors (Lipinski definition) is 0. The van der Waals surface area contributed by atoms with E-state index in [2.05, 4.69) is 73.9 Å². The van der Waals surface area contributed by atoms with Gasteiger partial charge in [0.15, 0.2) is 0 Å². The molecule has 2 fully saturated rings. The highest BCUT2D eigenvalue weighted by atomic mass is 16.6. The van der Waals surface area contributed by atoms with Crippen molar-refractivity contribution < 1.29 is 14.3 Å². The third-order valence-electron chi connectivity index (χ3n) is 10.0. The molecule has 7 nitrogen and oxygen atoms in total. The Kier molecular flexibility index (Phi) is 9.14. The van der Waals surface area contributed by atoms with Gasteiger partial charge in [0, 0.05) is 31.7 Å². The van der Waals surface area contributed by atoms with Crippen molar-refractivity contribution in [2.24, 2.45) is 0 Å². The minimum atomic E-state index is -0.637. The summed E-state index contributed by atoms with van der Waals surface area (Å²) in [6.07, 6.45) is 5.26. The van der Waals surface area contributed by atoms with Crippen LogP contribution in [0.4, 0.5) is 10.6 Å².